The molecule has 0 aliphatic carbocycles. The number of benzene rings is 2. The van der Waals surface area contributed by atoms with Gasteiger partial charge in [0.2, 0.25) is 0 Å². The van der Waals surface area contributed by atoms with Crippen molar-refractivity contribution in [1.82, 2.24) is 10.2 Å². The molecule has 0 saturated carbocycles. The predicted molar refractivity (Wildman–Crippen MR) is 122 cm³/mol. The molecule has 2 aromatic carbocycles. The van der Waals surface area contributed by atoms with Crippen LogP contribution in [0.2, 0.25) is 0 Å². The van der Waals surface area contributed by atoms with Crippen molar-refractivity contribution < 1.29 is 4.39 Å². The number of nitrogens with one attached hydrogen (secondary N) is 1. The van der Waals surface area contributed by atoms with Gasteiger partial charge < -0.3 is 15.1 Å². The van der Waals surface area contributed by atoms with Crippen LogP contribution in [-0.2, 0) is 6.54 Å². The van der Waals surface area contributed by atoms with Crippen LogP contribution in [0, 0.1) is 17.1 Å². The minimum Gasteiger partial charge on any atom is -0.368 e. The maximum atomic E-state index is 13.1. The fourth-order valence-electron chi connectivity index (χ4n) is 3.16. The summed E-state index contributed by atoms with van der Waals surface area (Å²) in [4.78, 5) is 9.25. The van der Waals surface area contributed by atoms with E-state index < -0.39 is 0 Å². The van der Waals surface area contributed by atoms with Gasteiger partial charge in [-0.3, -0.25) is 0 Å². The summed E-state index contributed by atoms with van der Waals surface area (Å²) in [6.07, 6.45) is 0. The maximum absolute atomic E-state index is 13.1. The Balaban J connectivity index is 0.00000280. The molecule has 0 spiro atoms. The molecule has 0 atom stereocenters. The molecule has 0 radical (unpaired) electrons. The summed E-state index contributed by atoms with van der Waals surface area (Å²) in [6.45, 7) is 6.81. The van der Waals surface area contributed by atoms with E-state index in [4.69, 9.17) is 10.3 Å². The first-order valence-electron chi connectivity index (χ1n) is 9.22. The zero-order valence-corrected chi connectivity index (χ0v) is 18.3. The molecule has 1 aliphatic heterocycles. The van der Waals surface area contributed by atoms with Gasteiger partial charge >= 0.3 is 0 Å². The van der Waals surface area contributed by atoms with E-state index in [1.165, 1.54) is 12.1 Å². The van der Waals surface area contributed by atoms with Crippen molar-refractivity contribution in [3.8, 4) is 6.07 Å². The topological polar surface area (TPSA) is 54.7 Å². The van der Waals surface area contributed by atoms with E-state index >= 15 is 0 Å². The summed E-state index contributed by atoms with van der Waals surface area (Å²) >= 11 is 0. The van der Waals surface area contributed by atoms with Crippen molar-refractivity contribution in [1.29, 1.82) is 5.26 Å². The normalized spacial score (nSPS) is 14.2. The highest BCUT2D eigenvalue weighted by atomic mass is 127. The van der Waals surface area contributed by atoms with Crippen molar-refractivity contribution in [3.63, 3.8) is 0 Å². The number of halogens is 2. The van der Waals surface area contributed by atoms with Gasteiger partial charge in [0, 0.05) is 38.4 Å². The van der Waals surface area contributed by atoms with Gasteiger partial charge in [0.25, 0.3) is 0 Å². The Morgan fingerprint density at radius 2 is 1.86 bits per heavy atom. The molecule has 0 amide bonds. The molecule has 3 rings (SSSR count). The van der Waals surface area contributed by atoms with Gasteiger partial charge in [-0.05, 0) is 48.9 Å². The lowest BCUT2D eigenvalue weighted by atomic mass is 10.1. The van der Waals surface area contributed by atoms with E-state index in [9.17, 15) is 4.39 Å². The standard InChI is InChI=1S/C21H24FN5.HI/c1-2-24-21(25-16-18-5-3-4-17(14-18)15-23)27-12-10-26(11-13-27)20-8-6-19(22)7-9-20;/h3-9,14H,2,10-13,16H2,1H3,(H,24,25);1H. The van der Waals surface area contributed by atoms with Crippen molar-refractivity contribution in [2.24, 2.45) is 4.99 Å². The van der Waals surface area contributed by atoms with Crippen LogP contribution < -0.4 is 10.2 Å². The highest BCUT2D eigenvalue weighted by Gasteiger charge is 2.19. The molecule has 7 heteroatoms. The number of nitrogens with zero attached hydrogens (tertiary/aromatic N) is 4. The Morgan fingerprint density at radius 3 is 2.50 bits per heavy atom. The summed E-state index contributed by atoms with van der Waals surface area (Å²) < 4.78 is 13.1. The van der Waals surface area contributed by atoms with Gasteiger partial charge in [-0.25, -0.2) is 9.38 Å². The van der Waals surface area contributed by atoms with E-state index in [1.54, 1.807) is 6.07 Å². The number of rotatable bonds is 4. The van der Waals surface area contributed by atoms with E-state index in [-0.39, 0.29) is 29.8 Å². The van der Waals surface area contributed by atoms with Gasteiger partial charge in [-0.15, -0.1) is 24.0 Å². The molecule has 0 bridgehead atoms. The summed E-state index contributed by atoms with van der Waals surface area (Å²) in [5, 5.41) is 12.4. The number of hydrogen-bond acceptors (Lipinski definition) is 3. The van der Waals surface area contributed by atoms with E-state index in [0.717, 1.165) is 49.9 Å². The van der Waals surface area contributed by atoms with Crippen LogP contribution in [-0.4, -0.2) is 43.6 Å². The lowest BCUT2D eigenvalue weighted by molar-refractivity contribution is 0.372. The Bertz CT molecular complexity index is 823. The molecule has 0 unspecified atom stereocenters. The summed E-state index contributed by atoms with van der Waals surface area (Å²) in [5.41, 5.74) is 2.72. The number of guanidine groups is 1. The van der Waals surface area contributed by atoms with Crippen molar-refractivity contribution in [2.75, 3.05) is 37.6 Å². The highest BCUT2D eigenvalue weighted by Crippen LogP contribution is 2.17. The molecule has 1 heterocycles. The minimum absolute atomic E-state index is 0. The molecule has 5 nitrogen and oxygen atoms in total. The zero-order chi connectivity index (χ0) is 19.1. The van der Waals surface area contributed by atoms with Crippen LogP contribution in [0.1, 0.15) is 18.1 Å². The molecule has 0 aromatic heterocycles. The van der Waals surface area contributed by atoms with Crippen molar-refractivity contribution >= 4 is 35.6 Å². The lowest BCUT2D eigenvalue weighted by Gasteiger charge is -2.37. The van der Waals surface area contributed by atoms with Crippen LogP contribution in [0.25, 0.3) is 0 Å². The van der Waals surface area contributed by atoms with Gasteiger partial charge in [0.15, 0.2) is 5.96 Å². The van der Waals surface area contributed by atoms with Gasteiger partial charge in [-0.1, -0.05) is 12.1 Å². The fourth-order valence-corrected chi connectivity index (χ4v) is 3.16. The SMILES string of the molecule is CCNC(=NCc1cccc(C#N)c1)N1CCN(c2ccc(F)cc2)CC1.I. The Labute approximate surface area is 182 Å². The molecule has 28 heavy (non-hydrogen) atoms. The smallest absolute Gasteiger partial charge is 0.194 e. The third kappa shape index (κ3) is 5.83. The lowest BCUT2D eigenvalue weighted by Crippen LogP contribution is -2.52. The van der Waals surface area contributed by atoms with E-state index in [1.807, 2.05) is 30.3 Å². The zero-order valence-electron chi connectivity index (χ0n) is 15.9. The number of anilines is 1. The van der Waals surface area contributed by atoms with Crippen LogP contribution in [0.4, 0.5) is 10.1 Å². The minimum atomic E-state index is -0.209. The van der Waals surface area contributed by atoms with Crippen molar-refractivity contribution in [2.45, 2.75) is 13.5 Å². The largest absolute Gasteiger partial charge is 0.368 e. The predicted octanol–water partition coefficient (Wildman–Crippen LogP) is 3.60. The molecule has 1 aliphatic rings. The van der Waals surface area contributed by atoms with Gasteiger partial charge in [-0.2, -0.15) is 5.26 Å². The van der Waals surface area contributed by atoms with Crippen LogP contribution in [0.15, 0.2) is 53.5 Å². The van der Waals surface area contributed by atoms with Crippen LogP contribution >= 0.6 is 24.0 Å². The van der Waals surface area contributed by atoms with E-state index in [2.05, 4.69) is 28.1 Å². The van der Waals surface area contributed by atoms with Gasteiger partial charge in [0.05, 0.1) is 18.2 Å². The monoisotopic (exact) mass is 493 g/mol. The quantitative estimate of drug-likeness (QED) is 0.402. The third-order valence-electron chi connectivity index (χ3n) is 4.57. The molecule has 1 fully saturated rings. The second kappa shape index (κ2) is 10.9. The molecule has 2 aromatic rings. The highest BCUT2D eigenvalue weighted by molar-refractivity contribution is 14.0. The molecule has 1 N–H and O–H groups in total. The number of aliphatic imine (C=N–C) groups is 1. The molecule has 1 saturated heterocycles. The summed E-state index contributed by atoms with van der Waals surface area (Å²) in [5.74, 6) is 0.679. The van der Waals surface area contributed by atoms with E-state index in [0.29, 0.717) is 12.1 Å². The maximum Gasteiger partial charge on any atom is 0.194 e. The molecular formula is C21H25FIN5. The number of piperazine rings is 1. The summed E-state index contributed by atoms with van der Waals surface area (Å²) in [7, 11) is 0. The summed E-state index contributed by atoms with van der Waals surface area (Å²) in [6, 6.07) is 16.4. The van der Waals surface area contributed by atoms with Crippen LogP contribution in [0.3, 0.4) is 0 Å². The van der Waals surface area contributed by atoms with Crippen molar-refractivity contribution in [3.05, 3.63) is 65.5 Å². The fraction of sp³-hybridized carbons (Fsp3) is 0.333. The third-order valence-corrected chi connectivity index (χ3v) is 4.57. The van der Waals surface area contributed by atoms with Crippen LogP contribution in [0.5, 0.6) is 0 Å². The first-order chi connectivity index (χ1) is 13.2. The average molecular weight is 493 g/mol. The first-order valence-corrected chi connectivity index (χ1v) is 9.22. The number of nitriles is 1. The average Bonchev–Trinajstić information content (AvgIpc) is 2.72. The molecule has 148 valence electrons. The first kappa shape index (κ1) is 22.0. The number of hydrogen-bond donors (Lipinski definition) is 1. The second-order valence-electron chi connectivity index (χ2n) is 6.43. The molecular weight excluding hydrogens is 468 g/mol. The Kier molecular flexibility index (Phi) is 8.51. The second-order valence-corrected chi connectivity index (χ2v) is 6.43. The Hall–Kier alpha value is -2.34. The Morgan fingerprint density at radius 1 is 1.14 bits per heavy atom. The van der Waals surface area contributed by atoms with Gasteiger partial charge in [0.1, 0.15) is 5.82 Å².